The number of hydrogen-bond donors (Lipinski definition) is 0. The maximum Gasteiger partial charge on any atom is 0.161 e. The molecule has 4 aromatic rings. The van der Waals surface area contributed by atoms with Gasteiger partial charge in [0.15, 0.2) is 17.1 Å². The number of fused-ring (bicyclic) bond motifs is 5. The van der Waals surface area contributed by atoms with Crippen LogP contribution in [0.4, 0.5) is 0 Å². The summed E-state index contributed by atoms with van der Waals surface area (Å²) < 4.78 is 18.3. The molecule has 6 nitrogen and oxygen atoms in total. The van der Waals surface area contributed by atoms with Crippen LogP contribution in [0.1, 0.15) is 16.7 Å². The minimum Gasteiger partial charge on any atom is -0.497 e. The maximum atomic E-state index is 5.56. The van der Waals surface area contributed by atoms with Gasteiger partial charge in [-0.15, -0.1) is 0 Å². The molecule has 0 spiro atoms. The van der Waals surface area contributed by atoms with Crippen molar-refractivity contribution in [3.8, 4) is 28.4 Å². The molecule has 0 saturated heterocycles. The van der Waals surface area contributed by atoms with Crippen molar-refractivity contribution in [2.45, 2.75) is 19.4 Å². The average molecular weight is 401 g/mol. The van der Waals surface area contributed by atoms with E-state index in [1.165, 1.54) is 22.3 Å². The van der Waals surface area contributed by atoms with Crippen molar-refractivity contribution < 1.29 is 14.2 Å². The second kappa shape index (κ2) is 7.37. The van der Waals surface area contributed by atoms with Gasteiger partial charge in [0.2, 0.25) is 0 Å². The largest absolute Gasteiger partial charge is 0.497 e. The first-order chi connectivity index (χ1) is 14.7. The van der Waals surface area contributed by atoms with Crippen LogP contribution in [0.2, 0.25) is 0 Å². The summed E-state index contributed by atoms with van der Waals surface area (Å²) in [6, 6.07) is 12.2. The molecule has 30 heavy (non-hydrogen) atoms. The number of methoxy groups -OCH3 is 3. The van der Waals surface area contributed by atoms with Crippen LogP contribution in [0.5, 0.6) is 17.2 Å². The number of nitrogens with zero attached hydrogens (tertiary/aromatic N) is 3. The zero-order chi connectivity index (χ0) is 20.7. The topological polar surface area (TPSA) is 58.4 Å². The first-order valence-corrected chi connectivity index (χ1v) is 9.93. The number of pyridine rings is 1. The summed E-state index contributed by atoms with van der Waals surface area (Å²) in [6.45, 7) is 0.651. The van der Waals surface area contributed by atoms with E-state index in [4.69, 9.17) is 19.2 Å². The van der Waals surface area contributed by atoms with Crippen LogP contribution >= 0.6 is 0 Å². The SMILES string of the molecule is COc1ccc(Cn2ncc3c4c(cnc32)CCc2cc(OC)c(OC)cc2-4)cc1. The highest BCUT2D eigenvalue weighted by molar-refractivity contribution is 5.96. The molecule has 0 amide bonds. The number of benzene rings is 2. The van der Waals surface area contributed by atoms with Crippen LogP contribution < -0.4 is 14.2 Å². The molecule has 0 bridgehead atoms. The molecular weight excluding hydrogens is 378 g/mol. The van der Waals surface area contributed by atoms with Crippen LogP contribution in [0.25, 0.3) is 22.2 Å². The quantitative estimate of drug-likeness (QED) is 0.500. The Morgan fingerprint density at radius 1 is 0.867 bits per heavy atom. The molecule has 0 fully saturated rings. The molecule has 2 heterocycles. The van der Waals surface area contributed by atoms with Gasteiger partial charge < -0.3 is 14.2 Å². The minimum absolute atomic E-state index is 0.651. The number of ether oxygens (including phenoxy) is 3. The molecule has 1 aliphatic rings. The molecule has 6 heteroatoms. The van der Waals surface area contributed by atoms with Gasteiger partial charge in [-0.05, 0) is 64.9 Å². The summed E-state index contributed by atoms with van der Waals surface area (Å²) in [5.41, 5.74) is 6.90. The zero-order valence-corrected chi connectivity index (χ0v) is 17.3. The second-order valence-corrected chi connectivity index (χ2v) is 7.41. The van der Waals surface area contributed by atoms with E-state index in [-0.39, 0.29) is 0 Å². The van der Waals surface area contributed by atoms with Crippen molar-refractivity contribution >= 4 is 11.0 Å². The van der Waals surface area contributed by atoms with Crippen molar-refractivity contribution in [1.29, 1.82) is 0 Å². The fourth-order valence-electron chi connectivity index (χ4n) is 4.23. The predicted molar refractivity (Wildman–Crippen MR) is 116 cm³/mol. The fourth-order valence-corrected chi connectivity index (χ4v) is 4.23. The number of rotatable bonds is 5. The maximum absolute atomic E-state index is 5.56. The lowest BCUT2D eigenvalue weighted by atomic mass is 9.85. The Morgan fingerprint density at radius 3 is 2.33 bits per heavy atom. The fraction of sp³-hybridized carbons (Fsp3) is 0.250. The molecule has 0 N–H and O–H groups in total. The Morgan fingerprint density at radius 2 is 1.60 bits per heavy atom. The van der Waals surface area contributed by atoms with Crippen LogP contribution in [0.15, 0.2) is 48.8 Å². The normalized spacial score (nSPS) is 12.4. The summed E-state index contributed by atoms with van der Waals surface area (Å²) in [4.78, 5) is 4.75. The molecule has 2 aromatic heterocycles. The molecule has 0 saturated carbocycles. The first-order valence-electron chi connectivity index (χ1n) is 9.93. The van der Waals surface area contributed by atoms with Gasteiger partial charge in [-0.2, -0.15) is 5.10 Å². The van der Waals surface area contributed by atoms with Crippen LogP contribution in [0, 0.1) is 0 Å². The van der Waals surface area contributed by atoms with Gasteiger partial charge in [0, 0.05) is 11.6 Å². The van der Waals surface area contributed by atoms with Gasteiger partial charge in [-0.25, -0.2) is 9.67 Å². The summed E-state index contributed by atoms with van der Waals surface area (Å²) in [5, 5.41) is 5.72. The number of aromatic nitrogens is 3. The molecule has 0 aliphatic heterocycles. The first kappa shape index (κ1) is 18.5. The standard InChI is InChI=1S/C24H23N3O3/c1-28-18-8-4-15(5-9-18)14-27-24-20(13-26-27)23-17(12-25-24)7-6-16-10-21(29-2)22(30-3)11-19(16)23/h4-5,8-13H,6-7,14H2,1-3H3. The number of hydrogen-bond acceptors (Lipinski definition) is 5. The zero-order valence-electron chi connectivity index (χ0n) is 17.3. The summed E-state index contributed by atoms with van der Waals surface area (Å²) in [7, 11) is 5.01. The van der Waals surface area contributed by atoms with Crippen LogP contribution in [0.3, 0.4) is 0 Å². The highest BCUT2D eigenvalue weighted by atomic mass is 16.5. The third-order valence-electron chi connectivity index (χ3n) is 5.78. The van der Waals surface area contributed by atoms with E-state index < -0.39 is 0 Å². The molecule has 2 aromatic carbocycles. The molecule has 152 valence electrons. The Bertz CT molecular complexity index is 1230. The van der Waals surface area contributed by atoms with E-state index in [1.807, 2.05) is 29.2 Å². The third-order valence-corrected chi connectivity index (χ3v) is 5.78. The Balaban J connectivity index is 1.61. The predicted octanol–water partition coefficient (Wildman–Crippen LogP) is 4.27. The van der Waals surface area contributed by atoms with Crippen molar-refractivity contribution in [3.63, 3.8) is 0 Å². The van der Waals surface area contributed by atoms with E-state index in [9.17, 15) is 0 Å². The van der Waals surface area contributed by atoms with Crippen LogP contribution in [-0.4, -0.2) is 36.1 Å². The smallest absolute Gasteiger partial charge is 0.161 e. The van der Waals surface area contributed by atoms with E-state index in [2.05, 4.69) is 29.4 Å². The van der Waals surface area contributed by atoms with Gasteiger partial charge >= 0.3 is 0 Å². The molecular formula is C24H23N3O3. The highest BCUT2D eigenvalue weighted by Crippen LogP contribution is 2.43. The van der Waals surface area contributed by atoms with Crippen molar-refractivity contribution in [1.82, 2.24) is 14.8 Å². The van der Waals surface area contributed by atoms with E-state index in [0.717, 1.165) is 46.7 Å². The lowest BCUT2D eigenvalue weighted by Crippen LogP contribution is -2.07. The minimum atomic E-state index is 0.651. The van der Waals surface area contributed by atoms with E-state index in [0.29, 0.717) is 6.54 Å². The third kappa shape index (κ3) is 2.96. The number of aryl methyl sites for hydroxylation is 2. The Labute approximate surface area is 175 Å². The Kier molecular flexibility index (Phi) is 4.54. The second-order valence-electron chi connectivity index (χ2n) is 7.41. The summed E-state index contributed by atoms with van der Waals surface area (Å²) in [5.74, 6) is 2.34. The molecule has 5 rings (SSSR count). The Hall–Kier alpha value is -3.54. The van der Waals surface area contributed by atoms with E-state index in [1.54, 1.807) is 21.3 Å². The van der Waals surface area contributed by atoms with Gasteiger partial charge in [0.1, 0.15) is 5.75 Å². The molecule has 1 aliphatic carbocycles. The lowest BCUT2D eigenvalue weighted by Gasteiger charge is -2.22. The van der Waals surface area contributed by atoms with Gasteiger partial charge in [0.05, 0.1) is 34.1 Å². The van der Waals surface area contributed by atoms with E-state index >= 15 is 0 Å². The molecule has 0 unspecified atom stereocenters. The van der Waals surface area contributed by atoms with Gasteiger partial charge in [-0.1, -0.05) is 12.1 Å². The van der Waals surface area contributed by atoms with Crippen molar-refractivity contribution in [3.05, 3.63) is 65.5 Å². The van der Waals surface area contributed by atoms with Gasteiger partial charge in [-0.3, -0.25) is 0 Å². The highest BCUT2D eigenvalue weighted by Gasteiger charge is 2.23. The van der Waals surface area contributed by atoms with Crippen molar-refractivity contribution in [2.24, 2.45) is 0 Å². The van der Waals surface area contributed by atoms with Crippen molar-refractivity contribution in [2.75, 3.05) is 21.3 Å². The average Bonchev–Trinajstić information content (AvgIpc) is 3.21. The molecule has 0 atom stereocenters. The lowest BCUT2D eigenvalue weighted by molar-refractivity contribution is 0.354. The van der Waals surface area contributed by atoms with Gasteiger partial charge in [0.25, 0.3) is 0 Å². The molecule has 0 radical (unpaired) electrons. The van der Waals surface area contributed by atoms with Crippen LogP contribution in [-0.2, 0) is 19.4 Å². The monoisotopic (exact) mass is 401 g/mol. The summed E-state index contributed by atoms with van der Waals surface area (Å²) in [6.07, 6.45) is 5.82. The summed E-state index contributed by atoms with van der Waals surface area (Å²) >= 11 is 0.